The average Bonchev–Trinajstić information content (AvgIpc) is 2.42. The van der Waals surface area contributed by atoms with Crippen molar-refractivity contribution in [3.05, 3.63) is 63.4 Å². The van der Waals surface area contributed by atoms with Gasteiger partial charge in [-0.05, 0) is 42.8 Å². The van der Waals surface area contributed by atoms with Crippen LogP contribution in [0.5, 0.6) is 0 Å². The summed E-state index contributed by atoms with van der Waals surface area (Å²) >= 11 is 11.9. The van der Waals surface area contributed by atoms with E-state index in [0.29, 0.717) is 15.6 Å². The molecule has 0 aliphatic rings. The van der Waals surface area contributed by atoms with Crippen LogP contribution in [0, 0.1) is 17.5 Å². The van der Waals surface area contributed by atoms with Crippen LogP contribution >= 0.6 is 23.2 Å². The molecule has 0 aromatic heterocycles. The van der Waals surface area contributed by atoms with Crippen molar-refractivity contribution in [3.8, 4) is 0 Å². The van der Waals surface area contributed by atoms with Crippen molar-refractivity contribution in [2.45, 2.75) is 13.0 Å². The van der Waals surface area contributed by atoms with Crippen LogP contribution in [0.4, 0.5) is 18.9 Å². The number of hydrogen-bond donors (Lipinski definition) is 1. The first-order valence-corrected chi connectivity index (χ1v) is 6.50. The van der Waals surface area contributed by atoms with E-state index in [1.807, 2.05) is 0 Å². The lowest BCUT2D eigenvalue weighted by atomic mass is 10.1. The van der Waals surface area contributed by atoms with Gasteiger partial charge in [-0.3, -0.25) is 0 Å². The van der Waals surface area contributed by atoms with Crippen LogP contribution in [0.25, 0.3) is 0 Å². The van der Waals surface area contributed by atoms with E-state index in [9.17, 15) is 13.2 Å². The van der Waals surface area contributed by atoms with Crippen molar-refractivity contribution in [3.63, 3.8) is 0 Å². The molecule has 1 N–H and O–H groups in total. The Morgan fingerprint density at radius 3 is 2.40 bits per heavy atom. The maximum Gasteiger partial charge on any atom is 0.196 e. The van der Waals surface area contributed by atoms with Gasteiger partial charge in [0.25, 0.3) is 0 Å². The van der Waals surface area contributed by atoms with Crippen molar-refractivity contribution in [2.24, 2.45) is 0 Å². The van der Waals surface area contributed by atoms with E-state index in [-0.39, 0.29) is 5.69 Å². The number of halogens is 5. The first-order valence-electron chi connectivity index (χ1n) is 5.75. The smallest absolute Gasteiger partial charge is 0.196 e. The lowest BCUT2D eigenvalue weighted by Gasteiger charge is -2.18. The Labute approximate surface area is 124 Å². The van der Waals surface area contributed by atoms with Crippen molar-refractivity contribution in [2.75, 3.05) is 5.32 Å². The average molecular weight is 320 g/mol. The van der Waals surface area contributed by atoms with Crippen molar-refractivity contribution in [1.29, 1.82) is 0 Å². The Morgan fingerprint density at radius 2 is 1.70 bits per heavy atom. The van der Waals surface area contributed by atoms with Crippen LogP contribution in [0.2, 0.25) is 10.0 Å². The Kier molecular flexibility index (Phi) is 4.45. The zero-order valence-corrected chi connectivity index (χ0v) is 11.9. The van der Waals surface area contributed by atoms with Gasteiger partial charge in [0.05, 0.1) is 11.7 Å². The minimum absolute atomic E-state index is 0.146. The molecule has 106 valence electrons. The summed E-state index contributed by atoms with van der Waals surface area (Å²) in [5, 5.41) is 3.66. The molecule has 0 aliphatic carbocycles. The maximum atomic E-state index is 13.6. The highest BCUT2D eigenvalue weighted by Gasteiger charge is 2.16. The molecule has 0 saturated heterocycles. The predicted octanol–water partition coefficient (Wildman–Crippen LogP) is 5.58. The second kappa shape index (κ2) is 5.94. The summed E-state index contributed by atoms with van der Waals surface area (Å²) < 4.78 is 39.6. The van der Waals surface area contributed by atoms with Gasteiger partial charge in [-0.2, -0.15) is 0 Å². The van der Waals surface area contributed by atoms with Crippen LogP contribution < -0.4 is 5.32 Å². The minimum Gasteiger partial charge on any atom is -0.376 e. The van der Waals surface area contributed by atoms with E-state index in [1.54, 1.807) is 25.1 Å². The van der Waals surface area contributed by atoms with Crippen molar-refractivity contribution >= 4 is 28.9 Å². The Balaban J connectivity index is 2.30. The molecule has 0 amide bonds. The van der Waals surface area contributed by atoms with Gasteiger partial charge < -0.3 is 5.32 Å². The molecule has 0 fully saturated rings. The van der Waals surface area contributed by atoms with Crippen LogP contribution in [0.3, 0.4) is 0 Å². The quantitative estimate of drug-likeness (QED) is 0.728. The molecule has 2 rings (SSSR count). The number of benzene rings is 2. The number of rotatable bonds is 3. The second-order valence-electron chi connectivity index (χ2n) is 4.25. The summed E-state index contributed by atoms with van der Waals surface area (Å²) in [5.41, 5.74) is 0.482. The van der Waals surface area contributed by atoms with Gasteiger partial charge in [-0.25, -0.2) is 13.2 Å². The number of hydrogen-bond acceptors (Lipinski definition) is 1. The fourth-order valence-electron chi connectivity index (χ4n) is 1.79. The van der Waals surface area contributed by atoms with Gasteiger partial charge in [-0.15, -0.1) is 0 Å². The van der Waals surface area contributed by atoms with E-state index < -0.39 is 23.5 Å². The standard InChI is InChI=1S/C14H10Cl2F3N/c1-7(9-6-8(15)2-3-10(9)16)20-12-5-4-11(17)13(18)14(12)19/h2-7,20H,1H3. The minimum atomic E-state index is -1.51. The van der Waals surface area contributed by atoms with E-state index in [0.717, 1.165) is 12.1 Å². The molecule has 0 radical (unpaired) electrons. The summed E-state index contributed by atoms with van der Waals surface area (Å²) in [6.45, 7) is 1.71. The predicted molar refractivity (Wildman–Crippen MR) is 74.8 cm³/mol. The maximum absolute atomic E-state index is 13.6. The van der Waals surface area contributed by atoms with Crippen LogP contribution in [0.15, 0.2) is 30.3 Å². The van der Waals surface area contributed by atoms with Gasteiger partial charge >= 0.3 is 0 Å². The normalized spacial score (nSPS) is 12.3. The Hall–Kier alpha value is -1.39. The van der Waals surface area contributed by atoms with Crippen molar-refractivity contribution < 1.29 is 13.2 Å². The summed E-state index contributed by atoms with van der Waals surface area (Å²) in [4.78, 5) is 0. The molecule has 2 aromatic carbocycles. The number of anilines is 1. The molecule has 1 nitrogen and oxygen atoms in total. The molecule has 0 saturated carbocycles. The first kappa shape index (κ1) is 15.0. The third-order valence-electron chi connectivity index (χ3n) is 2.83. The summed E-state index contributed by atoms with van der Waals surface area (Å²) in [5.74, 6) is -4.02. The van der Waals surface area contributed by atoms with Crippen LogP contribution in [0.1, 0.15) is 18.5 Å². The number of nitrogens with one attached hydrogen (secondary N) is 1. The highest BCUT2D eigenvalue weighted by atomic mass is 35.5. The lowest BCUT2D eigenvalue weighted by Crippen LogP contribution is -2.10. The van der Waals surface area contributed by atoms with Crippen molar-refractivity contribution in [1.82, 2.24) is 0 Å². The summed E-state index contributed by atoms with van der Waals surface area (Å²) in [6.07, 6.45) is 0. The molecule has 2 aromatic rings. The fourth-order valence-corrected chi connectivity index (χ4v) is 2.26. The third kappa shape index (κ3) is 3.02. The third-order valence-corrected chi connectivity index (χ3v) is 3.41. The highest BCUT2D eigenvalue weighted by molar-refractivity contribution is 6.33. The van der Waals surface area contributed by atoms with Crippen LogP contribution in [-0.4, -0.2) is 0 Å². The van der Waals surface area contributed by atoms with E-state index in [1.165, 1.54) is 0 Å². The Morgan fingerprint density at radius 1 is 1.00 bits per heavy atom. The molecule has 0 heterocycles. The summed E-state index contributed by atoms with van der Waals surface area (Å²) in [7, 11) is 0. The molecule has 20 heavy (non-hydrogen) atoms. The molecule has 0 spiro atoms. The second-order valence-corrected chi connectivity index (χ2v) is 5.10. The molecule has 0 aliphatic heterocycles. The topological polar surface area (TPSA) is 12.0 Å². The highest BCUT2D eigenvalue weighted by Crippen LogP contribution is 2.30. The largest absolute Gasteiger partial charge is 0.376 e. The van der Waals surface area contributed by atoms with Gasteiger partial charge in [0, 0.05) is 10.0 Å². The molecular formula is C14H10Cl2F3N. The van der Waals surface area contributed by atoms with E-state index in [4.69, 9.17) is 23.2 Å². The van der Waals surface area contributed by atoms with Gasteiger partial charge in [0.15, 0.2) is 17.5 Å². The Bertz CT molecular complexity index is 647. The summed E-state index contributed by atoms with van der Waals surface area (Å²) in [6, 6.07) is 6.41. The van der Waals surface area contributed by atoms with E-state index in [2.05, 4.69) is 5.32 Å². The van der Waals surface area contributed by atoms with Gasteiger partial charge in [0.1, 0.15) is 0 Å². The van der Waals surface area contributed by atoms with Gasteiger partial charge in [0.2, 0.25) is 0 Å². The fraction of sp³-hybridized carbons (Fsp3) is 0.143. The SMILES string of the molecule is CC(Nc1ccc(F)c(F)c1F)c1cc(Cl)ccc1Cl. The van der Waals surface area contributed by atoms with Crippen LogP contribution in [-0.2, 0) is 0 Å². The molecular weight excluding hydrogens is 310 g/mol. The molecule has 1 atom stereocenters. The zero-order chi connectivity index (χ0) is 14.9. The molecule has 6 heteroatoms. The lowest BCUT2D eigenvalue weighted by molar-refractivity contribution is 0.448. The zero-order valence-electron chi connectivity index (χ0n) is 10.4. The van der Waals surface area contributed by atoms with E-state index >= 15 is 0 Å². The first-order chi connectivity index (χ1) is 9.40. The monoisotopic (exact) mass is 319 g/mol. The molecule has 1 unspecified atom stereocenters. The van der Waals surface area contributed by atoms with Gasteiger partial charge in [-0.1, -0.05) is 23.2 Å². The molecule has 0 bridgehead atoms.